The lowest BCUT2D eigenvalue weighted by molar-refractivity contribution is 0.608. The van der Waals surface area contributed by atoms with Crippen LogP contribution in [-0.2, 0) is 0 Å². The van der Waals surface area contributed by atoms with Gasteiger partial charge in [0.15, 0.2) is 0 Å². The highest BCUT2D eigenvalue weighted by molar-refractivity contribution is 5.44. The highest BCUT2D eigenvalue weighted by atomic mass is 15.3. The molecule has 0 aliphatic heterocycles. The van der Waals surface area contributed by atoms with Gasteiger partial charge in [-0.3, -0.25) is 0 Å². The maximum absolute atomic E-state index is 4.55. The van der Waals surface area contributed by atoms with Crippen molar-refractivity contribution in [2.75, 3.05) is 48.8 Å². The smallest absolute Gasteiger partial charge is 0.231 e. The van der Waals surface area contributed by atoms with Crippen molar-refractivity contribution < 1.29 is 0 Å². The Morgan fingerprint density at radius 1 is 1.05 bits per heavy atom. The molecular formula is C14H28N6. The van der Waals surface area contributed by atoms with Crippen molar-refractivity contribution in [1.82, 2.24) is 15.0 Å². The van der Waals surface area contributed by atoms with Crippen molar-refractivity contribution in [3.05, 3.63) is 0 Å². The molecule has 1 N–H and O–H groups in total. The summed E-state index contributed by atoms with van der Waals surface area (Å²) in [6.45, 7) is 11.4. The van der Waals surface area contributed by atoms with E-state index in [1.165, 1.54) is 0 Å². The first-order chi connectivity index (χ1) is 9.47. The quantitative estimate of drug-likeness (QED) is 0.788. The van der Waals surface area contributed by atoms with Crippen molar-refractivity contribution in [2.24, 2.45) is 5.92 Å². The summed E-state index contributed by atoms with van der Waals surface area (Å²) in [6, 6.07) is 0. The summed E-state index contributed by atoms with van der Waals surface area (Å²) in [7, 11) is 3.89. The molecule has 20 heavy (non-hydrogen) atoms. The monoisotopic (exact) mass is 280 g/mol. The molecule has 0 aliphatic rings. The Bertz CT molecular complexity index is 405. The lowest BCUT2D eigenvalue weighted by Gasteiger charge is -2.24. The molecule has 6 nitrogen and oxygen atoms in total. The van der Waals surface area contributed by atoms with Crippen LogP contribution in [0.2, 0.25) is 0 Å². The number of nitrogens with zero attached hydrogens (tertiary/aromatic N) is 5. The number of hydrogen-bond donors (Lipinski definition) is 1. The Labute approximate surface area is 122 Å². The van der Waals surface area contributed by atoms with Crippen LogP contribution >= 0.6 is 0 Å². The lowest BCUT2D eigenvalue weighted by atomic mass is 10.2. The van der Waals surface area contributed by atoms with E-state index in [0.717, 1.165) is 32.0 Å². The number of aromatic nitrogens is 3. The van der Waals surface area contributed by atoms with Gasteiger partial charge in [-0.25, -0.2) is 0 Å². The van der Waals surface area contributed by atoms with E-state index in [2.05, 4.69) is 52.9 Å². The van der Waals surface area contributed by atoms with Crippen molar-refractivity contribution in [2.45, 2.75) is 34.1 Å². The molecule has 0 atom stereocenters. The second kappa shape index (κ2) is 7.87. The van der Waals surface area contributed by atoms with Crippen LogP contribution in [-0.4, -0.2) is 48.7 Å². The van der Waals surface area contributed by atoms with Crippen LogP contribution in [0, 0.1) is 5.92 Å². The summed E-state index contributed by atoms with van der Waals surface area (Å²) in [6.07, 6.45) is 1.04. The molecule has 1 rings (SSSR count). The van der Waals surface area contributed by atoms with E-state index in [1.807, 2.05) is 19.0 Å². The van der Waals surface area contributed by atoms with E-state index < -0.39 is 0 Å². The molecule has 0 aromatic carbocycles. The third kappa shape index (κ3) is 4.83. The van der Waals surface area contributed by atoms with Gasteiger partial charge in [-0.2, -0.15) is 15.0 Å². The third-order valence-electron chi connectivity index (χ3n) is 2.80. The van der Waals surface area contributed by atoms with Gasteiger partial charge in [0.05, 0.1) is 0 Å². The van der Waals surface area contributed by atoms with Gasteiger partial charge in [0.1, 0.15) is 0 Å². The minimum atomic E-state index is 0.571. The fraction of sp³-hybridized carbons (Fsp3) is 0.786. The van der Waals surface area contributed by atoms with Crippen LogP contribution in [0.1, 0.15) is 34.1 Å². The highest BCUT2D eigenvalue weighted by Gasteiger charge is 2.14. The first-order valence-corrected chi connectivity index (χ1v) is 7.40. The molecule has 0 fully saturated rings. The molecule has 0 saturated carbocycles. The number of rotatable bonds is 8. The van der Waals surface area contributed by atoms with Gasteiger partial charge in [0.25, 0.3) is 0 Å². The average molecular weight is 280 g/mol. The van der Waals surface area contributed by atoms with Crippen molar-refractivity contribution in [3.8, 4) is 0 Å². The van der Waals surface area contributed by atoms with Crippen molar-refractivity contribution in [3.63, 3.8) is 0 Å². The van der Waals surface area contributed by atoms with E-state index in [4.69, 9.17) is 0 Å². The number of nitrogens with one attached hydrogen (secondary N) is 1. The van der Waals surface area contributed by atoms with Gasteiger partial charge in [0.2, 0.25) is 17.8 Å². The maximum Gasteiger partial charge on any atom is 0.231 e. The van der Waals surface area contributed by atoms with Crippen LogP contribution in [0.25, 0.3) is 0 Å². The predicted molar refractivity (Wildman–Crippen MR) is 85.7 cm³/mol. The topological polar surface area (TPSA) is 57.2 Å². The van der Waals surface area contributed by atoms with Gasteiger partial charge >= 0.3 is 0 Å². The van der Waals surface area contributed by atoms with Gasteiger partial charge in [0, 0.05) is 33.7 Å². The van der Waals surface area contributed by atoms with E-state index >= 15 is 0 Å². The third-order valence-corrected chi connectivity index (χ3v) is 2.80. The van der Waals surface area contributed by atoms with Crippen molar-refractivity contribution >= 4 is 17.8 Å². The van der Waals surface area contributed by atoms with Gasteiger partial charge in [-0.15, -0.1) is 0 Å². The second-order valence-electron chi connectivity index (χ2n) is 5.51. The molecule has 0 aliphatic carbocycles. The molecule has 0 saturated heterocycles. The van der Waals surface area contributed by atoms with Crippen LogP contribution in [0.5, 0.6) is 0 Å². The molecule has 0 bridgehead atoms. The van der Waals surface area contributed by atoms with E-state index in [0.29, 0.717) is 17.8 Å². The fourth-order valence-corrected chi connectivity index (χ4v) is 1.80. The van der Waals surface area contributed by atoms with Crippen LogP contribution in [0.15, 0.2) is 0 Å². The Morgan fingerprint density at radius 2 is 1.70 bits per heavy atom. The Balaban J connectivity index is 3.05. The maximum atomic E-state index is 4.55. The minimum absolute atomic E-state index is 0.571. The fourth-order valence-electron chi connectivity index (χ4n) is 1.80. The Hall–Kier alpha value is -1.59. The molecular weight excluding hydrogens is 252 g/mol. The summed E-state index contributed by atoms with van der Waals surface area (Å²) in [5.41, 5.74) is 0. The molecule has 6 heteroatoms. The summed E-state index contributed by atoms with van der Waals surface area (Å²) in [5.74, 6) is 2.67. The first-order valence-electron chi connectivity index (χ1n) is 7.40. The zero-order chi connectivity index (χ0) is 15.1. The van der Waals surface area contributed by atoms with Crippen LogP contribution in [0.4, 0.5) is 17.8 Å². The zero-order valence-corrected chi connectivity index (χ0v) is 13.6. The van der Waals surface area contributed by atoms with Crippen LogP contribution in [0.3, 0.4) is 0 Å². The second-order valence-corrected chi connectivity index (χ2v) is 5.51. The standard InChI is InChI=1S/C14H28N6/c1-7-9-15-12-16-13(19(5)6)18-14(17-12)20(8-2)10-11(3)4/h11H,7-10H2,1-6H3,(H,15,16,17,18). The zero-order valence-electron chi connectivity index (χ0n) is 13.6. The predicted octanol–water partition coefficient (Wildman–Crippen LogP) is 2.24. The molecule has 0 unspecified atom stereocenters. The van der Waals surface area contributed by atoms with Gasteiger partial charge in [-0.05, 0) is 19.3 Å². The van der Waals surface area contributed by atoms with Gasteiger partial charge < -0.3 is 15.1 Å². The SMILES string of the molecule is CCCNc1nc(N(C)C)nc(N(CC)CC(C)C)n1. The van der Waals surface area contributed by atoms with Crippen molar-refractivity contribution in [1.29, 1.82) is 0 Å². The number of hydrogen-bond acceptors (Lipinski definition) is 6. The van der Waals surface area contributed by atoms with E-state index in [1.54, 1.807) is 0 Å². The summed E-state index contributed by atoms with van der Waals surface area (Å²) >= 11 is 0. The minimum Gasteiger partial charge on any atom is -0.354 e. The number of anilines is 3. The van der Waals surface area contributed by atoms with Gasteiger partial charge in [-0.1, -0.05) is 20.8 Å². The highest BCUT2D eigenvalue weighted by Crippen LogP contribution is 2.16. The van der Waals surface area contributed by atoms with E-state index in [-0.39, 0.29) is 0 Å². The Kier molecular flexibility index (Phi) is 6.48. The molecule has 1 aromatic heterocycles. The first kappa shape index (κ1) is 16.5. The molecule has 1 heterocycles. The average Bonchev–Trinajstić information content (AvgIpc) is 2.41. The van der Waals surface area contributed by atoms with Crippen LogP contribution < -0.4 is 15.1 Å². The molecule has 1 aromatic rings. The van der Waals surface area contributed by atoms with E-state index in [9.17, 15) is 0 Å². The molecule has 0 amide bonds. The Morgan fingerprint density at radius 3 is 2.20 bits per heavy atom. The molecule has 0 spiro atoms. The lowest BCUT2D eigenvalue weighted by Crippen LogP contribution is -2.30. The normalized spacial score (nSPS) is 10.8. The summed E-state index contributed by atoms with van der Waals surface area (Å²) in [5, 5.41) is 3.25. The molecule has 0 radical (unpaired) electrons. The summed E-state index contributed by atoms with van der Waals surface area (Å²) in [4.78, 5) is 17.6. The largest absolute Gasteiger partial charge is 0.354 e. The summed E-state index contributed by atoms with van der Waals surface area (Å²) < 4.78 is 0. The molecule has 114 valence electrons.